The second-order valence-corrected chi connectivity index (χ2v) is 6.05. The Morgan fingerprint density at radius 1 is 1.45 bits per heavy atom. The molecule has 1 saturated carbocycles. The Kier molecular flexibility index (Phi) is 3.22. The lowest BCUT2D eigenvalue weighted by molar-refractivity contribution is -0.387. The first-order valence-corrected chi connectivity index (χ1v) is 6.88. The molecule has 1 aliphatic carbocycles. The van der Waals surface area contributed by atoms with Crippen LogP contribution in [0.15, 0.2) is 23.1 Å². The summed E-state index contributed by atoms with van der Waals surface area (Å²) in [5, 5.41) is 19.3. The minimum atomic E-state index is -4.26. The number of sulfonamides is 1. The molecular weight excluding hydrogens is 295 g/mol. The van der Waals surface area contributed by atoms with Gasteiger partial charge in [-0.2, -0.15) is 9.11 Å². The molecule has 0 atom stereocenters. The number of nitrogens with one attached hydrogen (secondary N) is 1. The minimum absolute atomic E-state index is 0.136. The van der Waals surface area contributed by atoms with Crippen molar-refractivity contribution in [2.45, 2.75) is 23.3 Å². The fourth-order valence-electron chi connectivity index (χ4n) is 1.60. The van der Waals surface area contributed by atoms with Crippen molar-refractivity contribution < 1.29 is 27.6 Å². The molecule has 0 aromatic heterocycles. The van der Waals surface area contributed by atoms with E-state index in [-0.39, 0.29) is 12.8 Å². The summed E-state index contributed by atoms with van der Waals surface area (Å²) in [6.07, 6.45) is 0.272. The zero-order valence-corrected chi connectivity index (χ0v) is 10.7. The Morgan fingerprint density at radius 3 is 2.45 bits per heavy atom. The second kappa shape index (κ2) is 4.49. The van der Waals surface area contributed by atoms with E-state index in [1.807, 2.05) is 4.72 Å². The number of aliphatic carboxylic acids is 1. The SMILES string of the molecule is O=C(O)C1(NS(=O)(=O)c2ccc([N+](=O)[O-])c(F)c2)CC1. The van der Waals surface area contributed by atoms with Crippen LogP contribution in [0.1, 0.15) is 12.8 Å². The van der Waals surface area contributed by atoms with Crippen molar-refractivity contribution in [1.29, 1.82) is 0 Å². The normalized spacial score (nSPS) is 16.6. The third kappa shape index (κ3) is 2.47. The molecule has 0 saturated heterocycles. The van der Waals surface area contributed by atoms with Crippen LogP contribution in [0.25, 0.3) is 0 Å². The van der Waals surface area contributed by atoms with Crippen LogP contribution in [0.2, 0.25) is 0 Å². The Balaban J connectivity index is 2.34. The van der Waals surface area contributed by atoms with Crippen LogP contribution < -0.4 is 4.72 Å². The van der Waals surface area contributed by atoms with Gasteiger partial charge in [-0.25, -0.2) is 8.42 Å². The van der Waals surface area contributed by atoms with E-state index in [1.165, 1.54) is 0 Å². The molecule has 20 heavy (non-hydrogen) atoms. The Labute approximate surface area is 112 Å². The van der Waals surface area contributed by atoms with Crippen LogP contribution in [-0.4, -0.2) is 30.0 Å². The van der Waals surface area contributed by atoms with Crippen LogP contribution in [0.3, 0.4) is 0 Å². The van der Waals surface area contributed by atoms with Crippen molar-refractivity contribution in [2.24, 2.45) is 0 Å². The molecule has 2 rings (SSSR count). The van der Waals surface area contributed by atoms with E-state index in [0.717, 1.165) is 6.07 Å². The highest BCUT2D eigenvalue weighted by molar-refractivity contribution is 7.89. The van der Waals surface area contributed by atoms with Gasteiger partial charge in [-0.1, -0.05) is 0 Å². The van der Waals surface area contributed by atoms with Crippen LogP contribution in [0.5, 0.6) is 0 Å². The summed E-state index contributed by atoms with van der Waals surface area (Å²) in [6, 6.07) is 2.05. The van der Waals surface area contributed by atoms with Crippen LogP contribution in [0, 0.1) is 15.9 Å². The predicted octanol–water partition coefficient (Wildman–Crippen LogP) is 0.629. The number of benzene rings is 1. The quantitative estimate of drug-likeness (QED) is 0.606. The van der Waals surface area contributed by atoms with Crippen LogP contribution in [-0.2, 0) is 14.8 Å². The van der Waals surface area contributed by atoms with E-state index < -0.39 is 42.9 Å². The van der Waals surface area contributed by atoms with Crippen molar-refractivity contribution in [2.75, 3.05) is 0 Å². The highest BCUT2D eigenvalue weighted by atomic mass is 32.2. The number of nitro groups is 1. The number of hydrogen-bond donors (Lipinski definition) is 2. The number of nitrogens with zero attached hydrogens (tertiary/aromatic N) is 1. The lowest BCUT2D eigenvalue weighted by Crippen LogP contribution is -2.42. The molecule has 1 fully saturated rings. The molecule has 1 aromatic carbocycles. The fraction of sp³-hybridized carbons (Fsp3) is 0.300. The number of rotatable bonds is 5. The summed E-state index contributed by atoms with van der Waals surface area (Å²) in [4.78, 5) is 19.8. The second-order valence-electron chi connectivity index (χ2n) is 4.36. The molecule has 0 aliphatic heterocycles. The third-order valence-corrected chi connectivity index (χ3v) is 4.45. The summed E-state index contributed by atoms with van der Waals surface area (Å²) in [6.45, 7) is 0. The molecule has 0 heterocycles. The molecular formula is C10H9FN2O6S. The Bertz CT molecular complexity index is 698. The molecule has 0 amide bonds. The first-order chi connectivity index (χ1) is 9.18. The van der Waals surface area contributed by atoms with Gasteiger partial charge in [0.15, 0.2) is 0 Å². The van der Waals surface area contributed by atoms with Crippen molar-refractivity contribution in [1.82, 2.24) is 4.72 Å². The first kappa shape index (κ1) is 14.3. The van der Waals surface area contributed by atoms with E-state index in [4.69, 9.17) is 5.11 Å². The summed E-state index contributed by atoms with van der Waals surface area (Å²) >= 11 is 0. The maximum Gasteiger partial charge on any atom is 0.324 e. The number of carbonyl (C=O) groups is 1. The number of carboxylic acids is 1. The Morgan fingerprint density at radius 2 is 2.05 bits per heavy atom. The summed E-state index contributed by atoms with van der Waals surface area (Å²) in [5.41, 5.74) is -2.42. The Hall–Kier alpha value is -2.07. The average Bonchev–Trinajstić information content (AvgIpc) is 3.08. The molecule has 1 aliphatic rings. The van der Waals surface area contributed by atoms with Gasteiger partial charge in [0.1, 0.15) is 5.54 Å². The number of nitro benzene ring substituents is 1. The van der Waals surface area contributed by atoms with E-state index in [2.05, 4.69) is 0 Å². The molecule has 8 nitrogen and oxygen atoms in total. The van der Waals surface area contributed by atoms with Crippen molar-refractivity contribution >= 4 is 21.7 Å². The van der Waals surface area contributed by atoms with Crippen molar-refractivity contribution in [3.8, 4) is 0 Å². The van der Waals surface area contributed by atoms with Gasteiger partial charge in [0.2, 0.25) is 15.8 Å². The van der Waals surface area contributed by atoms with E-state index >= 15 is 0 Å². The van der Waals surface area contributed by atoms with E-state index in [0.29, 0.717) is 12.1 Å². The van der Waals surface area contributed by atoms with Crippen molar-refractivity contribution in [3.63, 3.8) is 0 Å². The standard InChI is InChI=1S/C10H9FN2O6S/c11-7-5-6(1-2-8(7)13(16)17)20(18,19)12-10(3-4-10)9(14)15/h1-2,5,12H,3-4H2,(H,14,15). The summed E-state index contributed by atoms with van der Waals surface area (Å²) < 4.78 is 39.2. The molecule has 0 radical (unpaired) electrons. The van der Waals surface area contributed by atoms with Gasteiger partial charge in [0, 0.05) is 12.1 Å². The molecule has 0 bridgehead atoms. The summed E-state index contributed by atoms with van der Waals surface area (Å²) in [5.74, 6) is -2.62. The smallest absolute Gasteiger partial charge is 0.324 e. The highest BCUT2D eigenvalue weighted by Gasteiger charge is 2.53. The zero-order valence-electron chi connectivity index (χ0n) is 9.87. The minimum Gasteiger partial charge on any atom is -0.480 e. The van der Waals surface area contributed by atoms with Crippen LogP contribution >= 0.6 is 0 Å². The van der Waals surface area contributed by atoms with Gasteiger partial charge < -0.3 is 5.11 Å². The highest BCUT2D eigenvalue weighted by Crippen LogP contribution is 2.37. The van der Waals surface area contributed by atoms with Gasteiger partial charge >= 0.3 is 11.7 Å². The fourth-order valence-corrected chi connectivity index (χ4v) is 3.03. The van der Waals surface area contributed by atoms with Gasteiger partial charge in [-0.3, -0.25) is 14.9 Å². The molecule has 0 spiro atoms. The van der Waals surface area contributed by atoms with Gasteiger partial charge in [-0.15, -0.1) is 0 Å². The van der Waals surface area contributed by atoms with Gasteiger partial charge in [0.05, 0.1) is 9.82 Å². The van der Waals surface area contributed by atoms with Gasteiger partial charge in [-0.05, 0) is 18.9 Å². The third-order valence-electron chi connectivity index (χ3n) is 2.92. The first-order valence-electron chi connectivity index (χ1n) is 5.39. The van der Waals surface area contributed by atoms with Crippen molar-refractivity contribution in [3.05, 3.63) is 34.1 Å². The summed E-state index contributed by atoms with van der Waals surface area (Å²) in [7, 11) is -4.26. The van der Waals surface area contributed by atoms with E-state index in [1.54, 1.807) is 0 Å². The molecule has 108 valence electrons. The zero-order chi connectivity index (χ0) is 15.1. The lowest BCUT2D eigenvalue weighted by atomic mass is 10.3. The number of carboxylic acid groups (broad SMARTS) is 1. The average molecular weight is 304 g/mol. The molecule has 2 N–H and O–H groups in total. The molecule has 0 unspecified atom stereocenters. The van der Waals surface area contributed by atoms with Gasteiger partial charge in [0.25, 0.3) is 0 Å². The number of halogens is 1. The maximum absolute atomic E-state index is 13.4. The predicted molar refractivity (Wildman–Crippen MR) is 63.0 cm³/mol. The largest absolute Gasteiger partial charge is 0.480 e. The molecule has 1 aromatic rings. The molecule has 10 heteroatoms. The number of hydrogen-bond acceptors (Lipinski definition) is 5. The van der Waals surface area contributed by atoms with Crippen LogP contribution in [0.4, 0.5) is 10.1 Å². The topological polar surface area (TPSA) is 127 Å². The lowest BCUT2D eigenvalue weighted by Gasteiger charge is -2.12. The van der Waals surface area contributed by atoms with E-state index in [9.17, 15) is 27.7 Å². The maximum atomic E-state index is 13.4. The monoisotopic (exact) mass is 304 g/mol.